The summed E-state index contributed by atoms with van der Waals surface area (Å²) in [5.74, 6) is 2.50. The molecule has 0 amide bonds. The number of nitrogens with zero attached hydrogens (tertiary/aromatic N) is 5. The third-order valence-corrected chi connectivity index (χ3v) is 4.61. The smallest absolute Gasteiger partial charge is 0.191 e. The molecule has 3 rings (SSSR count). The van der Waals surface area contributed by atoms with Crippen LogP contribution in [0.4, 0.5) is 0 Å². The minimum absolute atomic E-state index is 0.141. The number of nitrogens with one attached hydrogen (secondary N) is 2. The van der Waals surface area contributed by atoms with Crippen molar-refractivity contribution in [3.8, 4) is 0 Å². The summed E-state index contributed by atoms with van der Waals surface area (Å²) in [6.07, 6.45) is 3.67. The number of hydrogen-bond acceptors (Lipinski definition) is 5. The van der Waals surface area contributed by atoms with Crippen molar-refractivity contribution in [2.24, 2.45) is 4.99 Å². The first-order chi connectivity index (χ1) is 13.3. The van der Waals surface area contributed by atoms with Gasteiger partial charge in [-0.2, -0.15) is 0 Å². The second-order valence-corrected chi connectivity index (χ2v) is 6.10. The normalized spacial score (nSPS) is 13.3. The van der Waals surface area contributed by atoms with E-state index in [1.165, 1.54) is 0 Å². The Labute approximate surface area is 159 Å². The number of hydrogen-bond donors (Lipinski definition) is 2. The number of aromatic nitrogens is 3. The van der Waals surface area contributed by atoms with Crippen molar-refractivity contribution in [2.75, 3.05) is 26.7 Å². The maximum absolute atomic E-state index is 5.65. The number of furan rings is 1. The summed E-state index contributed by atoms with van der Waals surface area (Å²) < 4.78 is 7.61. The van der Waals surface area contributed by atoms with Gasteiger partial charge in [0.15, 0.2) is 17.4 Å². The van der Waals surface area contributed by atoms with E-state index >= 15 is 0 Å². The molecule has 2 N–H and O–H groups in total. The summed E-state index contributed by atoms with van der Waals surface area (Å²) >= 11 is 0. The van der Waals surface area contributed by atoms with Crippen molar-refractivity contribution >= 4 is 11.6 Å². The Morgan fingerprint density at radius 2 is 2.04 bits per heavy atom. The second-order valence-electron chi connectivity index (χ2n) is 6.10. The molecule has 0 aliphatic heterocycles. The third-order valence-electron chi connectivity index (χ3n) is 4.61. The molecule has 0 aromatic carbocycles. The van der Waals surface area contributed by atoms with Crippen molar-refractivity contribution in [2.45, 2.75) is 26.4 Å². The number of rotatable bonds is 8. The molecule has 0 saturated heterocycles. The third kappa shape index (κ3) is 4.46. The molecular weight excluding hydrogens is 342 g/mol. The van der Waals surface area contributed by atoms with Crippen molar-refractivity contribution in [3.63, 3.8) is 0 Å². The van der Waals surface area contributed by atoms with Gasteiger partial charge in [-0.3, -0.25) is 14.3 Å². The molecule has 1 atom stereocenters. The van der Waals surface area contributed by atoms with Gasteiger partial charge in [0.1, 0.15) is 5.76 Å². The van der Waals surface area contributed by atoms with Crippen molar-refractivity contribution < 1.29 is 4.42 Å². The van der Waals surface area contributed by atoms with Crippen LogP contribution in [-0.4, -0.2) is 52.1 Å². The first-order valence-corrected chi connectivity index (χ1v) is 9.27. The van der Waals surface area contributed by atoms with Gasteiger partial charge in [0, 0.05) is 19.8 Å². The highest BCUT2D eigenvalue weighted by Gasteiger charge is 2.20. The minimum Gasteiger partial charge on any atom is -0.468 e. The van der Waals surface area contributed by atoms with E-state index in [9.17, 15) is 0 Å². The molecule has 0 bridgehead atoms. The van der Waals surface area contributed by atoms with E-state index in [1.807, 2.05) is 40.9 Å². The van der Waals surface area contributed by atoms with Crippen LogP contribution in [0.25, 0.3) is 5.65 Å². The van der Waals surface area contributed by atoms with Gasteiger partial charge in [0.2, 0.25) is 0 Å². The van der Waals surface area contributed by atoms with Crippen molar-refractivity contribution in [1.82, 2.24) is 30.1 Å². The number of guanidine groups is 1. The first kappa shape index (κ1) is 18.9. The lowest BCUT2D eigenvalue weighted by Crippen LogP contribution is -2.43. The molecule has 3 heterocycles. The van der Waals surface area contributed by atoms with Gasteiger partial charge in [0.25, 0.3) is 0 Å². The quantitative estimate of drug-likeness (QED) is 0.467. The first-order valence-electron chi connectivity index (χ1n) is 9.27. The summed E-state index contributed by atoms with van der Waals surface area (Å²) in [4.78, 5) is 6.67. The van der Waals surface area contributed by atoms with Crippen LogP contribution in [0.1, 0.15) is 31.5 Å². The molecule has 8 nitrogen and oxygen atoms in total. The maximum atomic E-state index is 5.65. The van der Waals surface area contributed by atoms with E-state index in [4.69, 9.17) is 4.42 Å². The molecule has 0 saturated carbocycles. The Morgan fingerprint density at radius 1 is 1.19 bits per heavy atom. The number of likely N-dealkylation sites (N-methyl/N-ethyl adjacent to an activating group) is 1. The molecule has 144 valence electrons. The lowest BCUT2D eigenvalue weighted by Gasteiger charge is -2.28. The van der Waals surface area contributed by atoms with E-state index in [0.717, 1.165) is 30.3 Å². The van der Waals surface area contributed by atoms with Gasteiger partial charge in [-0.1, -0.05) is 19.9 Å². The highest BCUT2D eigenvalue weighted by Crippen LogP contribution is 2.20. The van der Waals surface area contributed by atoms with Gasteiger partial charge in [-0.05, 0) is 37.4 Å². The zero-order chi connectivity index (χ0) is 19.1. The maximum Gasteiger partial charge on any atom is 0.191 e. The Balaban J connectivity index is 1.62. The van der Waals surface area contributed by atoms with Crippen LogP contribution in [0, 0.1) is 0 Å². The largest absolute Gasteiger partial charge is 0.468 e. The fraction of sp³-hybridized carbons (Fsp3) is 0.421. The fourth-order valence-electron chi connectivity index (χ4n) is 3.14. The second kappa shape index (κ2) is 9.18. The van der Waals surface area contributed by atoms with Gasteiger partial charge in [-0.15, -0.1) is 10.2 Å². The molecule has 0 fully saturated rings. The molecule has 3 aromatic heterocycles. The summed E-state index contributed by atoms with van der Waals surface area (Å²) in [5, 5.41) is 15.1. The van der Waals surface area contributed by atoms with E-state index in [0.29, 0.717) is 19.0 Å². The standard InChI is InChI=1S/C19H27N7O/c1-4-25(5-2)15(16-9-8-12-27-16)13-21-19(20-3)22-14-18-24-23-17-10-6-7-11-26(17)18/h6-12,15H,4-5,13-14H2,1-3H3,(H2,20,21,22). The molecular formula is C19H27N7O. The van der Waals surface area contributed by atoms with Crippen molar-refractivity contribution in [1.29, 1.82) is 0 Å². The lowest BCUT2D eigenvalue weighted by molar-refractivity contribution is 0.193. The average molecular weight is 369 g/mol. The molecule has 0 aliphatic rings. The van der Waals surface area contributed by atoms with Crippen LogP contribution >= 0.6 is 0 Å². The lowest BCUT2D eigenvalue weighted by atomic mass is 10.2. The summed E-state index contributed by atoms with van der Waals surface area (Å²) in [7, 11) is 1.76. The average Bonchev–Trinajstić information content (AvgIpc) is 3.37. The van der Waals surface area contributed by atoms with Crippen LogP contribution in [0.5, 0.6) is 0 Å². The van der Waals surface area contributed by atoms with Gasteiger partial charge in [0.05, 0.1) is 18.8 Å². The molecule has 0 aliphatic carbocycles. The Hall–Kier alpha value is -2.87. The van der Waals surface area contributed by atoms with Gasteiger partial charge in [-0.25, -0.2) is 0 Å². The summed E-state index contributed by atoms with van der Waals surface area (Å²) in [5.41, 5.74) is 0.830. The summed E-state index contributed by atoms with van der Waals surface area (Å²) in [6.45, 7) is 7.42. The highest BCUT2D eigenvalue weighted by molar-refractivity contribution is 5.79. The van der Waals surface area contributed by atoms with Crippen LogP contribution < -0.4 is 10.6 Å². The monoisotopic (exact) mass is 369 g/mol. The summed E-state index contributed by atoms with van der Waals surface area (Å²) in [6, 6.07) is 9.93. The molecule has 8 heteroatoms. The fourth-order valence-corrected chi connectivity index (χ4v) is 3.14. The number of pyridine rings is 1. The van der Waals surface area contributed by atoms with Crippen LogP contribution in [0.3, 0.4) is 0 Å². The topological polar surface area (TPSA) is 83.0 Å². The Kier molecular flexibility index (Phi) is 6.43. The molecule has 0 spiro atoms. The van der Waals surface area contributed by atoms with Gasteiger partial charge >= 0.3 is 0 Å². The molecule has 1 unspecified atom stereocenters. The van der Waals surface area contributed by atoms with Crippen molar-refractivity contribution in [3.05, 3.63) is 54.4 Å². The number of aliphatic imine (C=N–C) groups is 1. The van der Waals surface area contributed by atoms with Crippen LogP contribution in [0.15, 0.2) is 52.2 Å². The molecule has 0 radical (unpaired) electrons. The minimum atomic E-state index is 0.141. The van der Waals surface area contributed by atoms with E-state index in [1.54, 1.807) is 13.3 Å². The zero-order valence-electron chi connectivity index (χ0n) is 16.1. The van der Waals surface area contributed by atoms with Crippen LogP contribution in [-0.2, 0) is 6.54 Å². The number of fused-ring (bicyclic) bond motifs is 1. The van der Waals surface area contributed by atoms with Crippen LogP contribution in [0.2, 0.25) is 0 Å². The predicted octanol–water partition coefficient (Wildman–Crippen LogP) is 2.07. The van der Waals surface area contributed by atoms with E-state index < -0.39 is 0 Å². The Morgan fingerprint density at radius 3 is 2.74 bits per heavy atom. The van der Waals surface area contributed by atoms with E-state index in [2.05, 4.69) is 44.6 Å². The van der Waals surface area contributed by atoms with E-state index in [-0.39, 0.29) is 6.04 Å². The highest BCUT2D eigenvalue weighted by atomic mass is 16.3. The molecule has 27 heavy (non-hydrogen) atoms. The molecule has 3 aromatic rings. The Bertz CT molecular complexity index is 852. The SMILES string of the molecule is CCN(CC)C(CNC(=NC)NCc1nnc2ccccn12)c1ccco1. The van der Waals surface area contributed by atoms with Gasteiger partial charge < -0.3 is 15.1 Å². The predicted molar refractivity (Wildman–Crippen MR) is 106 cm³/mol. The zero-order valence-corrected chi connectivity index (χ0v) is 16.1.